The van der Waals surface area contributed by atoms with Crippen LogP contribution in [0.2, 0.25) is 0 Å². The monoisotopic (exact) mass is 454 g/mol. The third kappa shape index (κ3) is 6.16. The van der Waals surface area contributed by atoms with Crippen molar-refractivity contribution in [2.24, 2.45) is 0 Å². The van der Waals surface area contributed by atoms with E-state index in [2.05, 4.69) is 15.8 Å². The third-order valence-corrected chi connectivity index (χ3v) is 5.02. The molecule has 0 aliphatic heterocycles. The zero-order chi connectivity index (χ0) is 24.0. The molecule has 0 aliphatic rings. The molecule has 1 heterocycles. The number of carboxylic acids is 2. The number of guanidine groups is 1. The molecule has 3 rings (SSSR count). The van der Waals surface area contributed by atoms with Crippen LogP contribution in [0.4, 0.5) is 4.39 Å². The van der Waals surface area contributed by atoms with Gasteiger partial charge in [0.1, 0.15) is 23.3 Å². The Morgan fingerprint density at radius 2 is 1.88 bits per heavy atom. The van der Waals surface area contributed by atoms with Crippen LogP contribution < -0.4 is 10.6 Å². The van der Waals surface area contributed by atoms with E-state index in [1.807, 2.05) is 43.3 Å². The zero-order valence-electron chi connectivity index (χ0n) is 17.7. The standard InChI is InChI=1S/C23H23FN4O5/c1-13(15-7-8-17(18(24)9-15)14-5-3-2-4-6-14)20-10-16(28-33-20)12-26-23(25)27-19(22(31)32)11-21(29)30/h2-10,13,19H,11-12H2,1H3,(H,29,30)(H,31,32)(H3,25,26,27). The van der Waals surface area contributed by atoms with Crippen molar-refractivity contribution in [3.05, 3.63) is 77.4 Å². The first-order chi connectivity index (χ1) is 15.7. The molecule has 2 aromatic carbocycles. The van der Waals surface area contributed by atoms with Gasteiger partial charge in [-0.15, -0.1) is 0 Å². The van der Waals surface area contributed by atoms with Crippen molar-refractivity contribution in [3.8, 4) is 11.1 Å². The Hall–Kier alpha value is -4.21. The van der Waals surface area contributed by atoms with E-state index in [1.54, 1.807) is 12.1 Å². The molecule has 5 N–H and O–H groups in total. The van der Waals surface area contributed by atoms with Gasteiger partial charge in [0.05, 0.1) is 13.0 Å². The summed E-state index contributed by atoms with van der Waals surface area (Å²) in [5.74, 6) is -3.18. The lowest BCUT2D eigenvalue weighted by atomic mass is 9.95. The molecule has 2 unspecified atom stereocenters. The smallest absolute Gasteiger partial charge is 0.326 e. The lowest BCUT2D eigenvalue weighted by Gasteiger charge is -2.14. The van der Waals surface area contributed by atoms with E-state index >= 15 is 0 Å². The van der Waals surface area contributed by atoms with E-state index in [9.17, 15) is 14.0 Å². The minimum absolute atomic E-state index is 0.0444. The number of carbonyl (C=O) groups is 2. The van der Waals surface area contributed by atoms with Crippen LogP contribution in [0.3, 0.4) is 0 Å². The second kappa shape index (κ2) is 10.4. The van der Waals surface area contributed by atoms with E-state index < -0.39 is 24.4 Å². The quantitative estimate of drug-likeness (QED) is 0.245. The first kappa shape index (κ1) is 23.5. The molecule has 9 nitrogen and oxygen atoms in total. The number of benzene rings is 2. The Morgan fingerprint density at radius 1 is 1.15 bits per heavy atom. The molecule has 10 heteroatoms. The summed E-state index contributed by atoms with van der Waals surface area (Å²) in [5.41, 5.74) is 2.43. The number of carboxylic acid groups (broad SMARTS) is 2. The predicted octanol–water partition coefficient (Wildman–Crippen LogP) is 3.17. The van der Waals surface area contributed by atoms with Crippen molar-refractivity contribution in [3.63, 3.8) is 0 Å². The van der Waals surface area contributed by atoms with Crippen LogP contribution in [0.5, 0.6) is 0 Å². The number of hydrogen-bond acceptors (Lipinski definition) is 5. The molecule has 172 valence electrons. The van der Waals surface area contributed by atoms with Gasteiger partial charge in [0.25, 0.3) is 0 Å². The second-order valence-electron chi connectivity index (χ2n) is 7.41. The molecule has 2 atom stereocenters. The Bertz CT molecular complexity index is 1150. The van der Waals surface area contributed by atoms with Crippen LogP contribution in [-0.2, 0) is 16.1 Å². The van der Waals surface area contributed by atoms with Gasteiger partial charge in [-0.25, -0.2) is 9.18 Å². The molecule has 3 aromatic rings. The number of aliphatic carboxylic acids is 2. The Balaban J connectivity index is 1.62. The van der Waals surface area contributed by atoms with Crippen LogP contribution in [0, 0.1) is 11.2 Å². The lowest BCUT2D eigenvalue weighted by molar-refractivity contribution is -0.145. The van der Waals surface area contributed by atoms with Crippen molar-refractivity contribution >= 4 is 17.9 Å². The summed E-state index contributed by atoms with van der Waals surface area (Å²) < 4.78 is 20.1. The highest BCUT2D eigenvalue weighted by Crippen LogP contribution is 2.29. The van der Waals surface area contributed by atoms with Crippen LogP contribution in [-0.4, -0.2) is 39.3 Å². The summed E-state index contributed by atoms with van der Waals surface area (Å²) in [6.45, 7) is 1.89. The molecule has 33 heavy (non-hydrogen) atoms. The maximum absolute atomic E-state index is 14.7. The van der Waals surface area contributed by atoms with E-state index in [1.165, 1.54) is 6.07 Å². The second-order valence-corrected chi connectivity index (χ2v) is 7.41. The number of nitrogens with zero attached hydrogens (tertiary/aromatic N) is 1. The fraction of sp³-hybridized carbons (Fsp3) is 0.217. The highest BCUT2D eigenvalue weighted by Gasteiger charge is 2.22. The Kier molecular flexibility index (Phi) is 7.39. The van der Waals surface area contributed by atoms with Gasteiger partial charge in [-0.05, 0) is 17.2 Å². The van der Waals surface area contributed by atoms with Gasteiger partial charge in [-0.1, -0.05) is 54.5 Å². The molecule has 0 radical (unpaired) electrons. The zero-order valence-corrected chi connectivity index (χ0v) is 17.7. The van der Waals surface area contributed by atoms with Crippen LogP contribution >= 0.6 is 0 Å². The Morgan fingerprint density at radius 3 is 2.52 bits per heavy atom. The van der Waals surface area contributed by atoms with Crippen LogP contribution in [0.1, 0.15) is 36.3 Å². The minimum atomic E-state index is -1.44. The molecule has 0 fully saturated rings. The summed E-state index contributed by atoms with van der Waals surface area (Å²) in [5, 5.41) is 34.4. The molecule has 0 bridgehead atoms. The van der Waals surface area contributed by atoms with Gasteiger partial charge >= 0.3 is 11.9 Å². The van der Waals surface area contributed by atoms with Crippen molar-refractivity contribution < 1.29 is 28.7 Å². The van der Waals surface area contributed by atoms with Gasteiger partial charge < -0.3 is 25.4 Å². The van der Waals surface area contributed by atoms with Gasteiger partial charge in [0.15, 0.2) is 5.96 Å². The normalized spacial score (nSPS) is 12.5. The molecule has 1 aromatic heterocycles. The average molecular weight is 454 g/mol. The number of rotatable bonds is 9. The number of aromatic nitrogens is 1. The van der Waals surface area contributed by atoms with Crippen LogP contribution in [0.25, 0.3) is 11.1 Å². The van der Waals surface area contributed by atoms with Gasteiger partial charge in [-0.3, -0.25) is 10.2 Å². The number of hydrogen-bond donors (Lipinski definition) is 5. The van der Waals surface area contributed by atoms with Gasteiger partial charge in [0.2, 0.25) is 0 Å². The van der Waals surface area contributed by atoms with E-state index in [0.717, 1.165) is 5.56 Å². The summed E-state index contributed by atoms with van der Waals surface area (Å²) in [6.07, 6.45) is -0.676. The van der Waals surface area contributed by atoms with Crippen molar-refractivity contribution in [1.29, 1.82) is 5.41 Å². The fourth-order valence-electron chi connectivity index (χ4n) is 3.21. The molecule has 0 saturated carbocycles. The maximum Gasteiger partial charge on any atom is 0.326 e. The van der Waals surface area contributed by atoms with Gasteiger partial charge in [0, 0.05) is 17.5 Å². The molecule has 0 amide bonds. The topological polar surface area (TPSA) is 149 Å². The summed E-state index contributed by atoms with van der Waals surface area (Å²) in [6, 6.07) is 14.5. The summed E-state index contributed by atoms with van der Waals surface area (Å²) in [4.78, 5) is 21.8. The highest BCUT2D eigenvalue weighted by atomic mass is 19.1. The van der Waals surface area contributed by atoms with E-state index in [4.69, 9.17) is 20.1 Å². The highest BCUT2D eigenvalue weighted by molar-refractivity contribution is 5.86. The molecule has 0 aliphatic carbocycles. The molecule has 0 saturated heterocycles. The van der Waals surface area contributed by atoms with E-state index in [-0.39, 0.29) is 24.2 Å². The first-order valence-electron chi connectivity index (χ1n) is 10.1. The molecule has 0 spiro atoms. The largest absolute Gasteiger partial charge is 0.481 e. The molecular formula is C23H23FN4O5. The van der Waals surface area contributed by atoms with Gasteiger partial charge in [-0.2, -0.15) is 0 Å². The SMILES string of the molecule is CC(c1ccc(-c2ccccc2)c(F)c1)c1cc(CNC(=N)NC(CC(=O)O)C(=O)O)no1. The van der Waals surface area contributed by atoms with Crippen LogP contribution in [0.15, 0.2) is 59.1 Å². The van der Waals surface area contributed by atoms with Crippen molar-refractivity contribution in [1.82, 2.24) is 15.8 Å². The summed E-state index contributed by atoms with van der Waals surface area (Å²) >= 11 is 0. The molecular weight excluding hydrogens is 431 g/mol. The van der Waals surface area contributed by atoms with Crippen molar-refractivity contribution in [2.75, 3.05) is 0 Å². The fourth-order valence-corrected chi connectivity index (χ4v) is 3.21. The third-order valence-electron chi connectivity index (χ3n) is 5.02. The summed E-state index contributed by atoms with van der Waals surface area (Å²) in [7, 11) is 0. The average Bonchev–Trinajstić information content (AvgIpc) is 3.26. The number of nitrogens with one attached hydrogen (secondary N) is 3. The predicted molar refractivity (Wildman–Crippen MR) is 117 cm³/mol. The first-order valence-corrected chi connectivity index (χ1v) is 10.1. The van der Waals surface area contributed by atoms with E-state index in [0.29, 0.717) is 22.6 Å². The van der Waals surface area contributed by atoms with Crippen molar-refractivity contribution in [2.45, 2.75) is 31.8 Å². The maximum atomic E-state index is 14.7. The minimum Gasteiger partial charge on any atom is -0.481 e. The lowest BCUT2D eigenvalue weighted by Crippen LogP contribution is -2.47. The number of halogens is 1. The Labute approximate surface area is 188 Å².